The summed E-state index contributed by atoms with van der Waals surface area (Å²) in [5.74, 6) is 0.325. The quantitative estimate of drug-likeness (QED) is 0.674. The fraction of sp³-hybridized carbons (Fsp3) is 0.300. The Morgan fingerprint density at radius 1 is 1.31 bits per heavy atom. The Morgan fingerprint density at radius 2 is 2.08 bits per heavy atom. The molecule has 0 N–H and O–H groups in total. The SMILES string of the molecule is O=C1CCc2c(I)cc(Cl)cc2C1. The Hall–Kier alpha value is -0.0900. The Kier molecular flexibility index (Phi) is 2.60. The van der Waals surface area contributed by atoms with Crippen molar-refractivity contribution in [3.05, 3.63) is 31.9 Å². The molecule has 1 aromatic carbocycles. The zero-order valence-corrected chi connectivity index (χ0v) is 9.85. The van der Waals surface area contributed by atoms with Gasteiger partial charge in [-0.05, 0) is 52.3 Å². The molecule has 0 fully saturated rings. The molecule has 0 heterocycles. The van der Waals surface area contributed by atoms with E-state index in [0.29, 0.717) is 18.6 Å². The van der Waals surface area contributed by atoms with Crippen LogP contribution in [-0.4, -0.2) is 5.78 Å². The van der Waals surface area contributed by atoms with Crippen LogP contribution in [0.25, 0.3) is 0 Å². The van der Waals surface area contributed by atoms with E-state index in [-0.39, 0.29) is 0 Å². The van der Waals surface area contributed by atoms with Gasteiger partial charge in [-0.3, -0.25) is 4.79 Å². The number of halogens is 2. The van der Waals surface area contributed by atoms with E-state index in [1.165, 1.54) is 9.13 Å². The number of Topliss-reactive ketones (excluding diaryl/α,β-unsaturated/α-hetero) is 1. The molecule has 0 saturated carbocycles. The van der Waals surface area contributed by atoms with Gasteiger partial charge < -0.3 is 0 Å². The normalized spacial score (nSPS) is 15.7. The molecule has 1 aliphatic carbocycles. The number of hydrogen-bond acceptors (Lipinski definition) is 1. The molecular formula is C10H8ClIO. The number of carbonyl (C=O) groups excluding carboxylic acids is 1. The molecule has 0 bridgehead atoms. The molecule has 0 aromatic heterocycles. The highest BCUT2D eigenvalue weighted by Crippen LogP contribution is 2.27. The smallest absolute Gasteiger partial charge is 0.137 e. The van der Waals surface area contributed by atoms with Gasteiger partial charge in [0.2, 0.25) is 0 Å². The predicted octanol–water partition coefficient (Wildman–Crippen LogP) is 3.00. The van der Waals surface area contributed by atoms with Gasteiger partial charge in [0.25, 0.3) is 0 Å². The van der Waals surface area contributed by atoms with Gasteiger partial charge in [0, 0.05) is 21.4 Å². The summed E-state index contributed by atoms with van der Waals surface area (Å²) in [6, 6.07) is 3.87. The number of ketones is 1. The minimum Gasteiger partial charge on any atom is -0.299 e. The van der Waals surface area contributed by atoms with Gasteiger partial charge in [-0.1, -0.05) is 11.6 Å². The van der Waals surface area contributed by atoms with Crippen LogP contribution < -0.4 is 0 Å². The van der Waals surface area contributed by atoms with Crippen molar-refractivity contribution in [2.75, 3.05) is 0 Å². The Morgan fingerprint density at radius 3 is 2.85 bits per heavy atom. The highest BCUT2D eigenvalue weighted by Gasteiger charge is 2.17. The fourth-order valence-electron chi connectivity index (χ4n) is 1.66. The van der Waals surface area contributed by atoms with Gasteiger partial charge in [-0.15, -0.1) is 0 Å². The summed E-state index contributed by atoms with van der Waals surface area (Å²) in [7, 11) is 0. The summed E-state index contributed by atoms with van der Waals surface area (Å²) >= 11 is 8.19. The number of fused-ring (bicyclic) bond motifs is 1. The van der Waals surface area contributed by atoms with Crippen molar-refractivity contribution in [1.82, 2.24) is 0 Å². The van der Waals surface area contributed by atoms with Crippen molar-refractivity contribution in [2.45, 2.75) is 19.3 Å². The second-order valence-electron chi connectivity index (χ2n) is 3.24. The molecule has 0 aliphatic heterocycles. The van der Waals surface area contributed by atoms with Crippen molar-refractivity contribution >= 4 is 40.0 Å². The fourth-order valence-corrected chi connectivity index (χ4v) is 3.04. The molecule has 0 saturated heterocycles. The lowest BCUT2D eigenvalue weighted by atomic mass is 9.91. The molecule has 3 heteroatoms. The lowest BCUT2D eigenvalue weighted by Crippen LogP contribution is -2.14. The Bertz CT molecular complexity index is 373. The minimum absolute atomic E-state index is 0.325. The molecule has 2 rings (SSSR count). The van der Waals surface area contributed by atoms with Crippen LogP contribution in [0.5, 0.6) is 0 Å². The lowest BCUT2D eigenvalue weighted by molar-refractivity contribution is -0.118. The van der Waals surface area contributed by atoms with Crippen LogP contribution in [0.1, 0.15) is 17.5 Å². The van der Waals surface area contributed by atoms with Gasteiger partial charge in [-0.2, -0.15) is 0 Å². The molecule has 68 valence electrons. The summed E-state index contributed by atoms with van der Waals surface area (Å²) in [4.78, 5) is 11.2. The predicted molar refractivity (Wildman–Crippen MR) is 61.2 cm³/mol. The van der Waals surface area contributed by atoms with E-state index in [1.54, 1.807) is 0 Å². The van der Waals surface area contributed by atoms with Crippen molar-refractivity contribution in [3.63, 3.8) is 0 Å². The maximum atomic E-state index is 11.2. The minimum atomic E-state index is 0.325. The van der Waals surface area contributed by atoms with Crippen molar-refractivity contribution in [2.24, 2.45) is 0 Å². The van der Waals surface area contributed by atoms with E-state index in [0.717, 1.165) is 17.0 Å². The van der Waals surface area contributed by atoms with Crippen LogP contribution in [0.15, 0.2) is 12.1 Å². The molecule has 1 aromatic rings. The second kappa shape index (κ2) is 3.58. The topological polar surface area (TPSA) is 17.1 Å². The molecule has 0 radical (unpaired) electrons. The number of benzene rings is 1. The van der Waals surface area contributed by atoms with Crippen LogP contribution >= 0.6 is 34.2 Å². The molecule has 0 atom stereocenters. The molecule has 13 heavy (non-hydrogen) atoms. The van der Waals surface area contributed by atoms with Crippen LogP contribution in [0, 0.1) is 3.57 Å². The number of rotatable bonds is 0. The van der Waals surface area contributed by atoms with Gasteiger partial charge >= 0.3 is 0 Å². The standard InChI is InChI=1S/C10H8ClIO/c11-7-3-6-4-8(13)1-2-9(6)10(12)5-7/h3,5H,1-2,4H2. The first-order chi connectivity index (χ1) is 6.16. The summed E-state index contributed by atoms with van der Waals surface area (Å²) in [6.45, 7) is 0. The molecule has 0 amide bonds. The molecular weight excluding hydrogens is 298 g/mol. The number of carbonyl (C=O) groups is 1. The third-order valence-corrected chi connectivity index (χ3v) is 3.47. The highest BCUT2D eigenvalue weighted by molar-refractivity contribution is 14.1. The van der Waals surface area contributed by atoms with Crippen LogP contribution in [0.3, 0.4) is 0 Å². The van der Waals surface area contributed by atoms with Gasteiger partial charge in [0.15, 0.2) is 0 Å². The van der Waals surface area contributed by atoms with Crippen molar-refractivity contribution < 1.29 is 4.79 Å². The lowest BCUT2D eigenvalue weighted by Gasteiger charge is -2.16. The van der Waals surface area contributed by atoms with E-state index < -0.39 is 0 Å². The third-order valence-electron chi connectivity index (χ3n) is 2.29. The van der Waals surface area contributed by atoms with Crippen molar-refractivity contribution in [1.29, 1.82) is 0 Å². The van der Waals surface area contributed by atoms with Crippen molar-refractivity contribution in [3.8, 4) is 0 Å². The maximum Gasteiger partial charge on any atom is 0.137 e. The summed E-state index contributed by atoms with van der Waals surface area (Å²) in [6.07, 6.45) is 2.13. The summed E-state index contributed by atoms with van der Waals surface area (Å²) in [5.41, 5.74) is 2.43. The Labute approximate surface area is 95.6 Å². The van der Waals surface area contributed by atoms with E-state index in [1.807, 2.05) is 12.1 Å². The Balaban J connectivity index is 2.53. The molecule has 1 aliphatic rings. The molecule has 0 spiro atoms. The monoisotopic (exact) mass is 306 g/mol. The highest BCUT2D eigenvalue weighted by atomic mass is 127. The maximum absolute atomic E-state index is 11.2. The van der Waals surface area contributed by atoms with E-state index in [2.05, 4.69) is 22.6 Å². The first-order valence-corrected chi connectivity index (χ1v) is 5.61. The first-order valence-electron chi connectivity index (χ1n) is 4.15. The average molecular weight is 307 g/mol. The molecule has 1 nitrogen and oxygen atoms in total. The first kappa shape index (κ1) is 9.46. The zero-order valence-electron chi connectivity index (χ0n) is 6.94. The van der Waals surface area contributed by atoms with E-state index >= 15 is 0 Å². The average Bonchev–Trinajstić information content (AvgIpc) is 2.02. The zero-order chi connectivity index (χ0) is 9.42. The second-order valence-corrected chi connectivity index (χ2v) is 4.84. The summed E-state index contributed by atoms with van der Waals surface area (Å²) < 4.78 is 1.19. The third kappa shape index (κ3) is 1.89. The number of hydrogen-bond donors (Lipinski definition) is 0. The van der Waals surface area contributed by atoms with E-state index in [9.17, 15) is 4.79 Å². The van der Waals surface area contributed by atoms with Gasteiger partial charge in [0.1, 0.15) is 5.78 Å². The molecule has 0 unspecified atom stereocenters. The summed E-state index contributed by atoms with van der Waals surface area (Å²) in [5, 5.41) is 0.734. The van der Waals surface area contributed by atoms with Crippen LogP contribution in [-0.2, 0) is 17.6 Å². The van der Waals surface area contributed by atoms with Crippen LogP contribution in [0.4, 0.5) is 0 Å². The van der Waals surface area contributed by atoms with E-state index in [4.69, 9.17) is 11.6 Å². The van der Waals surface area contributed by atoms with Crippen LogP contribution in [0.2, 0.25) is 5.02 Å². The van der Waals surface area contributed by atoms with Gasteiger partial charge in [0.05, 0.1) is 0 Å². The van der Waals surface area contributed by atoms with Gasteiger partial charge in [-0.25, -0.2) is 0 Å². The largest absolute Gasteiger partial charge is 0.299 e.